The van der Waals surface area contributed by atoms with Gasteiger partial charge in [-0.1, -0.05) is 6.07 Å². The lowest BCUT2D eigenvalue weighted by molar-refractivity contribution is -0.143. The second kappa shape index (κ2) is 8.16. The van der Waals surface area contributed by atoms with E-state index in [1.54, 1.807) is 0 Å². The van der Waals surface area contributed by atoms with E-state index in [1.165, 1.54) is 29.2 Å². The molecule has 2 amide bonds. The Morgan fingerprint density at radius 1 is 1.07 bits per heavy atom. The number of anilines is 1. The number of hydrogen-bond acceptors (Lipinski definition) is 3. The normalized spacial score (nSPS) is 16.5. The van der Waals surface area contributed by atoms with Crippen molar-refractivity contribution < 1.29 is 28.3 Å². The number of nitrogens with zero attached hydrogens (tertiary/aromatic N) is 1. The number of likely N-dealkylation sites (tertiary alicyclic amines) is 1. The number of amides is 2. The summed E-state index contributed by atoms with van der Waals surface area (Å²) in [5.74, 6) is -3.99. The van der Waals surface area contributed by atoms with Crippen molar-refractivity contribution in [3.8, 4) is 0 Å². The average molecular weight is 388 g/mol. The molecule has 6 nitrogen and oxygen atoms in total. The van der Waals surface area contributed by atoms with Gasteiger partial charge in [0.1, 0.15) is 17.7 Å². The minimum absolute atomic E-state index is 0.200. The standard InChI is InChI=1S/C20H18F2N2O4/c21-13-7-8-16(22)15(11-13)18(25)23-14-5-3-4-12(10-14)19(26)24-9-2-1-6-17(24)20(27)28/h3-5,7-8,10-11,17H,1-2,6,9H2,(H,23,25)(H,27,28). The van der Waals surface area contributed by atoms with Crippen LogP contribution in [0.1, 0.15) is 40.0 Å². The van der Waals surface area contributed by atoms with Gasteiger partial charge in [0.2, 0.25) is 0 Å². The van der Waals surface area contributed by atoms with Crippen LogP contribution in [0.3, 0.4) is 0 Å². The molecule has 146 valence electrons. The van der Waals surface area contributed by atoms with Gasteiger partial charge in [0.25, 0.3) is 11.8 Å². The zero-order valence-electron chi connectivity index (χ0n) is 14.8. The van der Waals surface area contributed by atoms with Gasteiger partial charge in [0.05, 0.1) is 5.56 Å². The predicted octanol–water partition coefficient (Wildman–Crippen LogP) is 3.30. The van der Waals surface area contributed by atoms with Crippen LogP contribution in [0.15, 0.2) is 42.5 Å². The van der Waals surface area contributed by atoms with Gasteiger partial charge in [-0.2, -0.15) is 0 Å². The van der Waals surface area contributed by atoms with Crippen molar-refractivity contribution in [2.45, 2.75) is 25.3 Å². The number of hydrogen-bond donors (Lipinski definition) is 2. The summed E-state index contributed by atoms with van der Waals surface area (Å²) in [5.41, 5.74) is -0.0484. The van der Waals surface area contributed by atoms with Crippen molar-refractivity contribution in [1.29, 1.82) is 0 Å². The number of carboxylic acids is 1. The fourth-order valence-corrected chi connectivity index (χ4v) is 3.20. The van der Waals surface area contributed by atoms with Crippen molar-refractivity contribution in [1.82, 2.24) is 4.90 Å². The Labute approximate surface area is 159 Å². The molecule has 1 aliphatic heterocycles. The highest BCUT2D eigenvalue weighted by atomic mass is 19.1. The summed E-state index contributed by atoms with van der Waals surface area (Å²) < 4.78 is 27.0. The fourth-order valence-electron chi connectivity index (χ4n) is 3.20. The minimum atomic E-state index is -1.06. The van der Waals surface area contributed by atoms with E-state index in [1.807, 2.05) is 0 Å². The summed E-state index contributed by atoms with van der Waals surface area (Å²) in [4.78, 5) is 37.7. The maximum absolute atomic E-state index is 13.7. The van der Waals surface area contributed by atoms with E-state index in [4.69, 9.17) is 0 Å². The van der Waals surface area contributed by atoms with Crippen molar-refractivity contribution >= 4 is 23.5 Å². The van der Waals surface area contributed by atoms with Crippen LogP contribution in [-0.4, -0.2) is 40.4 Å². The molecule has 2 aromatic carbocycles. The van der Waals surface area contributed by atoms with Crippen LogP contribution in [0.25, 0.3) is 0 Å². The number of carbonyl (C=O) groups excluding carboxylic acids is 2. The first-order valence-electron chi connectivity index (χ1n) is 8.77. The number of piperidine rings is 1. The van der Waals surface area contributed by atoms with Gasteiger partial charge in [-0.25, -0.2) is 13.6 Å². The number of nitrogens with one attached hydrogen (secondary N) is 1. The topological polar surface area (TPSA) is 86.7 Å². The molecule has 3 rings (SSSR count). The molecular formula is C20H18F2N2O4. The van der Waals surface area contributed by atoms with Crippen molar-refractivity contribution in [2.75, 3.05) is 11.9 Å². The molecule has 1 fully saturated rings. The van der Waals surface area contributed by atoms with Crippen LogP contribution in [0.4, 0.5) is 14.5 Å². The van der Waals surface area contributed by atoms with Gasteiger partial charge < -0.3 is 15.3 Å². The van der Waals surface area contributed by atoms with Crippen LogP contribution in [0, 0.1) is 11.6 Å². The second-order valence-electron chi connectivity index (χ2n) is 6.51. The quantitative estimate of drug-likeness (QED) is 0.842. The van der Waals surface area contributed by atoms with Gasteiger partial charge in [0, 0.05) is 17.8 Å². The molecule has 1 atom stereocenters. The molecule has 2 aromatic rings. The van der Waals surface area contributed by atoms with E-state index in [2.05, 4.69) is 5.32 Å². The van der Waals surface area contributed by atoms with E-state index >= 15 is 0 Å². The van der Waals surface area contributed by atoms with Crippen LogP contribution >= 0.6 is 0 Å². The monoisotopic (exact) mass is 388 g/mol. The lowest BCUT2D eigenvalue weighted by Crippen LogP contribution is -2.48. The zero-order chi connectivity index (χ0) is 20.3. The summed E-state index contributed by atoms with van der Waals surface area (Å²) in [5, 5.41) is 11.8. The molecule has 0 aromatic heterocycles. The highest BCUT2D eigenvalue weighted by Crippen LogP contribution is 2.22. The number of aliphatic carboxylic acids is 1. The Morgan fingerprint density at radius 2 is 1.86 bits per heavy atom. The summed E-state index contributed by atoms with van der Waals surface area (Å²) in [6.07, 6.45) is 1.83. The van der Waals surface area contributed by atoms with E-state index in [9.17, 15) is 28.3 Å². The van der Waals surface area contributed by atoms with Gasteiger partial charge in [-0.15, -0.1) is 0 Å². The smallest absolute Gasteiger partial charge is 0.326 e. The number of halogens is 2. The van der Waals surface area contributed by atoms with Gasteiger partial charge in [0.15, 0.2) is 0 Å². The number of carbonyl (C=O) groups is 3. The molecule has 0 bridgehead atoms. The largest absolute Gasteiger partial charge is 0.480 e. The van der Waals surface area contributed by atoms with Crippen LogP contribution < -0.4 is 5.32 Å². The van der Waals surface area contributed by atoms with Gasteiger partial charge >= 0.3 is 5.97 Å². The SMILES string of the molecule is O=C(Nc1cccc(C(=O)N2CCCCC2C(=O)O)c1)c1cc(F)ccc1F. The molecule has 1 heterocycles. The predicted molar refractivity (Wildman–Crippen MR) is 97.1 cm³/mol. The first-order chi connectivity index (χ1) is 13.4. The molecule has 8 heteroatoms. The first-order valence-corrected chi connectivity index (χ1v) is 8.77. The Bertz CT molecular complexity index is 932. The number of benzene rings is 2. The first kappa shape index (κ1) is 19.5. The Kier molecular flexibility index (Phi) is 5.67. The maximum Gasteiger partial charge on any atom is 0.326 e. The summed E-state index contributed by atoms with van der Waals surface area (Å²) in [6.45, 7) is 0.334. The van der Waals surface area contributed by atoms with Crippen LogP contribution in [0.5, 0.6) is 0 Å². The molecule has 1 saturated heterocycles. The Hall–Kier alpha value is -3.29. The molecule has 0 radical (unpaired) electrons. The van der Waals surface area contributed by atoms with Crippen molar-refractivity contribution in [3.63, 3.8) is 0 Å². The Morgan fingerprint density at radius 3 is 2.61 bits per heavy atom. The molecular weight excluding hydrogens is 370 g/mol. The highest BCUT2D eigenvalue weighted by molar-refractivity contribution is 6.05. The minimum Gasteiger partial charge on any atom is -0.480 e. The fraction of sp³-hybridized carbons (Fsp3) is 0.250. The third kappa shape index (κ3) is 4.16. The zero-order valence-corrected chi connectivity index (χ0v) is 14.8. The molecule has 28 heavy (non-hydrogen) atoms. The number of carboxylic acid groups (broad SMARTS) is 1. The summed E-state index contributed by atoms with van der Waals surface area (Å²) >= 11 is 0. The summed E-state index contributed by atoms with van der Waals surface area (Å²) in [6, 6.07) is 7.56. The lowest BCUT2D eigenvalue weighted by atomic mass is 10.0. The second-order valence-corrected chi connectivity index (χ2v) is 6.51. The highest BCUT2D eigenvalue weighted by Gasteiger charge is 2.32. The summed E-state index contributed by atoms with van der Waals surface area (Å²) in [7, 11) is 0. The average Bonchev–Trinajstić information content (AvgIpc) is 2.69. The van der Waals surface area contributed by atoms with Crippen LogP contribution in [-0.2, 0) is 4.79 Å². The lowest BCUT2D eigenvalue weighted by Gasteiger charge is -2.33. The molecule has 2 N–H and O–H groups in total. The molecule has 0 spiro atoms. The third-order valence-electron chi connectivity index (χ3n) is 4.59. The molecule has 1 aliphatic rings. The van der Waals surface area contributed by atoms with E-state index in [0.29, 0.717) is 19.4 Å². The molecule has 1 unspecified atom stereocenters. The van der Waals surface area contributed by atoms with Crippen molar-refractivity contribution in [2.24, 2.45) is 0 Å². The van der Waals surface area contributed by atoms with E-state index < -0.39 is 41.0 Å². The Balaban J connectivity index is 1.80. The van der Waals surface area contributed by atoms with Gasteiger partial charge in [-0.05, 0) is 55.7 Å². The van der Waals surface area contributed by atoms with E-state index in [0.717, 1.165) is 24.6 Å². The van der Waals surface area contributed by atoms with Gasteiger partial charge in [-0.3, -0.25) is 9.59 Å². The van der Waals surface area contributed by atoms with Crippen LogP contribution in [0.2, 0.25) is 0 Å². The van der Waals surface area contributed by atoms with Crippen molar-refractivity contribution in [3.05, 3.63) is 65.2 Å². The molecule has 0 saturated carbocycles. The molecule has 0 aliphatic carbocycles. The third-order valence-corrected chi connectivity index (χ3v) is 4.59. The van der Waals surface area contributed by atoms with E-state index in [-0.39, 0.29) is 11.3 Å². The maximum atomic E-state index is 13.7. The number of rotatable bonds is 4.